The molecular weight excluding hydrogens is 296 g/mol. The van der Waals surface area contributed by atoms with E-state index in [0.717, 1.165) is 16.3 Å². The highest BCUT2D eigenvalue weighted by molar-refractivity contribution is 7.14. The minimum absolute atomic E-state index is 0.195. The van der Waals surface area contributed by atoms with E-state index in [1.807, 2.05) is 16.8 Å². The van der Waals surface area contributed by atoms with E-state index in [4.69, 9.17) is 0 Å². The lowest BCUT2D eigenvalue weighted by atomic mass is 10.3. The van der Waals surface area contributed by atoms with E-state index in [-0.39, 0.29) is 5.69 Å². The summed E-state index contributed by atoms with van der Waals surface area (Å²) in [5.74, 6) is -0.492. The number of carbonyl (C=O) groups is 1. The number of thiophene rings is 1. The zero-order valence-electron chi connectivity index (χ0n) is 10.5. The SMILES string of the molecule is COC(=O)c1cn(Cc2csc(-c3ccsc3)n2)nn1. The Kier molecular flexibility index (Phi) is 3.57. The van der Waals surface area contributed by atoms with Gasteiger partial charge in [-0.2, -0.15) is 11.3 Å². The van der Waals surface area contributed by atoms with Gasteiger partial charge in [-0.05, 0) is 11.4 Å². The van der Waals surface area contributed by atoms with Crippen molar-refractivity contribution in [2.24, 2.45) is 0 Å². The van der Waals surface area contributed by atoms with Crippen LogP contribution in [0.2, 0.25) is 0 Å². The van der Waals surface area contributed by atoms with E-state index in [9.17, 15) is 4.79 Å². The molecule has 0 aliphatic rings. The van der Waals surface area contributed by atoms with Crippen LogP contribution in [0.5, 0.6) is 0 Å². The largest absolute Gasteiger partial charge is 0.464 e. The molecule has 8 heteroatoms. The van der Waals surface area contributed by atoms with Crippen molar-refractivity contribution in [2.75, 3.05) is 7.11 Å². The maximum Gasteiger partial charge on any atom is 0.360 e. The number of thiazole rings is 1. The lowest BCUT2D eigenvalue weighted by Gasteiger charge is -1.95. The summed E-state index contributed by atoms with van der Waals surface area (Å²) in [4.78, 5) is 15.8. The molecule has 0 atom stereocenters. The first-order valence-corrected chi connectivity index (χ1v) is 7.54. The number of esters is 1. The molecule has 0 saturated heterocycles. The Labute approximate surface area is 122 Å². The molecule has 3 rings (SSSR count). The smallest absolute Gasteiger partial charge is 0.360 e. The highest BCUT2D eigenvalue weighted by Gasteiger charge is 2.12. The topological polar surface area (TPSA) is 69.9 Å². The number of rotatable bonds is 4. The van der Waals surface area contributed by atoms with Crippen LogP contribution in [0, 0.1) is 0 Å². The number of hydrogen-bond donors (Lipinski definition) is 0. The molecule has 0 aliphatic heterocycles. The van der Waals surface area contributed by atoms with E-state index in [1.165, 1.54) is 7.11 Å². The number of ether oxygens (including phenoxy) is 1. The van der Waals surface area contributed by atoms with Gasteiger partial charge in [0.05, 0.1) is 25.5 Å². The minimum Gasteiger partial charge on any atom is -0.464 e. The predicted molar refractivity (Wildman–Crippen MR) is 75.9 cm³/mol. The molecule has 6 nitrogen and oxygen atoms in total. The highest BCUT2D eigenvalue weighted by Crippen LogP contribution is 2.25. The van der Waals surface area contributed by atoms with Crippen LogP contribution in [-0.4, -0.2) is 33.1 Å². The third-order valence-corrected chi connectivity index (χ3v) is 4.20. The zero-order valence-corrected chi connectivity index (χ0v) is 12.1. The van der Waals surface area contributed by atoms with Crippen LogP contribution >= 0.6 is 22.7 Å². The van der Waals surface area contributed by atoms with Crippen molar-refractivity contribution < 1.29 is 9.53 Å². The van der Waals surface area contributed by atoms with Gasteiger partial charge in [-0.15, -0.1) is 16.4 Å². The predicted octanol–water partition coefficient (Wildman–Crippen LogP) is 2.30. The molecule has 0 bridgehead atoms. The summed E-state index contributed by atoms with van der Waals surface area (Å²) in [5.41, 5.74) is 2.21. The molecule has 20 heavy (non-hydrogen) atoms. The average Bonchev–Trinajstić information content (AvgIpc) is 3.19. The van der Waals surface area contributed by atoms with Crippen LogP contribution in [0.15, 0.2) is 28.4 Å². The fourth-order valence-electron chi connectivity index (χ4n) is 1.64. The van der Waals surface area contributed by atoms with Gasteiger partial charge in [-0.25, -0.2) is 14.5 Å². The summed E-state index contributed by atoms with van der Waals surface area (Å²) in [6.45, 7) is 0.477. The molecule has 3 aromatic rings. The zero-order chi connectivity index (χ0) is 13.9. The maximum atomic E-state index is 11.3. The molecule has 0 saturated carbocycles. The van der Waals surface area contributed by atoms with Gasteiger partial charge in [-0.3, -0.25) is 0 Å². The third kappa shape index (κ3) is 2.61. The first kappa shape index (κ1) is 12.9. The number of carbonyl (C=O) groups excluding carboxylic acids is 1. The molecule has 0 fully saturated rings. The van der Waals surface area contributed by atoms with E-state index in [1.54, 1.807) is 33.6 Å². The number of hydrogen-bond acceptors (Lipinski definition) is 7. The second kappa shape index (κ2) is 5.51. The van der Waals surface area contributed by atoms with Crippen LogP contribution in [-0.2, 0) is 11.3 Å². The van der Waals surface area contributed by atoms with Gasteiger partial charge in [0.25, 0.3) is 0 Å². The van der Waals surface area contributed by atoms with Gasteiger partial charge in [0.1, 0.15) is 5.01 Å². The van der Waals surface area contributed by atoms with Crippen LogP contribution in [0.4, 0.5) is 0 Å². The Morgan fingerprint density at radius 1 is 1.45 bits per heavy atom. The standard InChI is InChI=1S/C12H10N4O2S2/c1-18-12(17)10-5-16(15-14-10)4-9-7-20-11(13-9)8-2-3-19-6-8/h2-3,5-7H,4H2,1H3. The lowest BCUT2D eigenvalue weighted by molar-refractivity contribution is 0.0594. The molecule has 102 valence electrons. The molecule has 3 heterocycles. The fraction of sp³-hybridized carbons (Fsp3) is 0.167. The summed E-state index contributed by atoms with van der Waals surface area (Å²) in [6, 6.07) is 2.04. The maximum absolute atomic E-state index is 11.3. The molecule has 0 radical (unpaired) electrons. The van der Waals surface area contributed by atoms with Crippen LogP contribution in [0.25, 0.3) is 10.6 Å². The fourth-order valence-corrected chi connectivity index (χ4v) is 3.16. The van der Waals surface area contributed by atoms with Crippen LogP contribution < -0.4 is 0 Å². The monoisotopic (exact) mass is 306 g/mol. The third-order valence-electron chi connectivity index (χ3n) is 2.58. The first-order valence-electron chi connectivity index (χ1n) is 5.71. The molecular formula is C12H10N4O2S2. The van der Waals surface area contributed by atoms with E-state index in [2.05, 4.69) is 25.4 Å². The van der Waals surface area contributed by atoms with Crippen molar-refractivity contribution in [3.8, 4) is 10.6 Å². The van der Waals surface area contributed by atoms with Crippen molar-refractivity contribution in [2.45, 2.75) is 6.54 Å². The lowest BCUT2D eigenvalue weighted by Crippen LogP contribution is -2.02. The van der Waals surface area contributed by atoms with Gasteiger partial charge in [0.2, 0.25) is 0 Å². The second-order valence-corrected chi connectivity index (χ2v) is 5.59. The summed E-state index contributed by atoms with van der Waals surface area (Å²) < 4.78 is 6.15. The van der Waals surface area contributed by atoms with E-state index < -0.39 is 5.97 Å². The van der Waals surface area contributed by atoms with E-state index in [0.29, 0.717) is 6.54 Å². The number of aromatic nitrogens is 4. The van der Waals surface area contributed by atoms with Crippen LogP contribution in [0.1, 0.15) is 16.2 Å². The van der Waals surface area contributed by atoms with Gasteiger partial charge in [0, 0.05) is 16.3 Å². The van der Waals surface area contributed by atoms with Crippen molar-refractivity contribution in [3.63, 3.8) is 0 Å². The Balaban J connectivity index is 1.75. The van der Waals surface area contributed by atoms with Gasteiger partial charge < -0.3 is 4.74 Å². The van der Waals surface area contributed by atoms with Crippen molar-refractivity contribution in [1.29, 1.82) is 0 Å². The Hall–Kier alpha value is -2.06. The molecule has 0 N–H and O–H groups in total. The van der Waals surface area contributed by atoms with Crippen molar-refractivity contribution in [1.82, 2.24) is 20.0 Å². The average molecular weight is 306 g/mol. The Morgan fingerprint density at radius 2 is 2.35 bits per heavy atom. The summed E-state index contributed by atoms with van der Waals surface area (Å²) in [7, 11) is 1.31. The Morgan fingerprint density at radius 3 is 3.10 bits per heavy atom. The molecule has 0 aromatic carbocycles. The summed E-state index contributed by atoms with van der Waals surface area (Å²) in [6.07, 6.45) is 1.55. The molecule has 0 amide bonds. The normalized spacial score (nSPS) is 10.7. The van der Waals surface area contributed by atoms with Gasteiger partial charge in [-0.1, -0.05) is 5.21 Å². The molecule has 0 aliphatic carbocycles. The first-order chi connectivity index (χ1) is 9.76. The minimum atomic E-state index is -0.492. The summed E-state index contributed by atoms with van der Waals surface area (Å²) in [5, 5.41) is 14.7. The Bertz CT molecular complexity index is 717. The van der Waals surface area contributed by atoms with Crippen LogP contribution in [0.3, 0.4) is 0 Å². The number of methoxy groups -OCH3 is 1. The highest BCUT2D eigenvalue weighted by atomic mass is 32.1. The van der Waals surface area contributed by atoms with Crippen molar-refractivity contribution in [3.05, 3.63) is 39.8 Å². The molecule has 0 spiro atoms. The summed E-state index contributed by atoms with van der Waals surface area (Å²) >= 11 is 3.23. The second-order valence-electron chi connectivity index (χ2n) is 3.95. The molecule has 3 aromatic heterocycles. The molecule has 0 unspecified atom stereocenters. The van der Waals surface area contributed by atoms with E-state index >= 15 is 0 Å². The van der Waals surface area contributed by atoms with Gasteiger partial charge in [0.15, 0.2) is 5.69 Å². The quantitative estimate of drug-likeness (QED) is 0.692. The number of nitrogens with zero attached hydrogens (tertiary/aromatic N) is 4. The van der Waals surface area contributed by atoms with Gasteiger partial charge >= 0.3 is 5.97 Å². The van der Waals surface area contributed by atoms with Crippen molar-refractivity contribution >= 4 is 28.6 Å².